The maximum Gasteiger partial charge on any atom is 0.410 e. The number of carbonyl (C=O) groups excluding carboxylic acids is 1. The molecule has 2 atom stereocenters. The molecule has 2 fully saturated rings. The monoisotopic (exact) mass is 211 g/mol. The lowest BCUT2D eigenvalue weighted by Gasteiger charge is -2.26. The van der Waals surface area contributed by atoms with E-state index in [0.717, 1.165) is 24.9 Å². The lowest BCUT2D eigenvalue weighted by molar-refractivity contribution is 0.0251. The van der Waals surface area contributed by atoms with Crippen LogP contribution in [-0.2, 0) is 4.74 Å². The Morgan fingerprint density at radius 2 is 1.73 bits per heavy atom. The topological polar surface area (TPSA) is 29.5 Å². The molecule has 2 aliphatic rings. The molecular weight excluding hydrogens is 190 g/mol. The molecule has 1 saturated heterocycles. The molecule has 0 spiro atoms. The summed E-state index contributed by atoms with van der Waals surface area (Å²) in [6.45, 7) is 7.52. The second kappa shape index (κ2) is 3.69. The summed E-state index contributed by atoms with van der Waals surface area (Å²) < 4.78 is 5.37. The molecular formula is C12H21NO2. The van der Waals surface area contributed by atoms with Gasteiger partial charge in [-0.05, 0) is 51.9 Å². The van der Waals surface area contributed by atoms with Gasteiger partial charge in [-0.3, -0.25) is 0 Å². The lowest BCUT2D eigenvalue weighted by Crippen LogP contribution is -2.37. The molecule has 1 heterocycles. The number of carbonyl (C=O) groups is 1. The van der Waals surface area contributed by atoms with Gasteiger partial charge in [0.25, 0.3) is 0 Å². The van der Waals surface area contributed by atoms with Crippen molar-refractivity contribution in [3.63, 3.8) is 0 Å². The van der Waals surface area contributed by atoms with Crippen molar-refractivity contribution in [2.24, 2.45) is 11.8 Å². The summed E-state index contributed by atoms with van der Waals surface area (Å²) in [5, 5.41) is 0. The minimum absolute atomic E-state index is 0.135. The standard InChI is InChI=1S/C12H21NO2/c1-12(2,3)15-11(14)13-6-4-9-8-10(9)5-7-13/h9-10H,4-8H2,1-3H3. The predicted octanol–water partition coefficient (Wildman–Crippen LogP) is 2.65. The lowest BCUT2D eigenvalue weighted by atomic mass is 10.2. The van der Waals surface area contributed by atoms with Crippen LogP contribution in [0.2, 0.25) is 0 Å². The minimum Gasteiger partial charge on any atom is -0.444 e. The number of nitrogens with zero attached hydrogens (tertiary/aromatic N) is 1. The third-order valence-electron chi connectivity index (χ3n) is 3.26. The molecule has 1 saturated carbocycles. The average Bonchev–Trinajstić information content (AvgIpc) is 2.75. The van der Waals surface area contributed by atoms with Gasteiger partial charge in [-0.25, -0.2) is 4.79 Å². The Labute approximate surface area is 91.8 Å². The number of ether oxygens (including phenoxy) is 1. The maximum absolute atomic E-state index is 11.8. The van der Waals surface area contributed by atoms with Gasteiger partial charge in [0, 0.05) is 13.1 Å². The van der Waals surface area contributed by atoms with E-state index in [4.69, 9.17) is 4.74 Å². The zero-order valence-corrected chi connectivity index (χ0v) is 9.95. The number of rotatable bonds is 0. The van der Waals surface area contributed by atoms with E-state index in [0.29, 0.717) is 0 Å². The highest BCUT2D eigenvalue weighted by Crippen LogP contribution is 2.45. The molecule has 1 amide bonds. The molecule has 0 aromatic carbocycles. The zero-order chi connectivity index (χ0) is 11.1. The summed E-state index contributed by atoms with van der Waals surface area (Å²) >= 11 is 0. The van der Waals surface area contributed by atoms with Gasteiger partial charge in [-0.1, -0.05) is 0 Å². The van der Waals surface area contributed by atoms with E-state index in [2.05, 4.69) is 0 Å². The number of hydrogen-bond donors (Lipinski definition) is 0. The van der Waals surface area contributed by atoms with Crippen LogP contribution in [0.25, 0.3) is 0 Å². The molecule has 3 heteroatoms. The van der Waals surface area contributed by atoms with Crippen LogP contribution in [-0.4, -0.2) is 29.7 Å². The maximum atomic E-state index is 11.8. The van der Waals surface area contributed by atoms with Crippen molar-refractivity contribution in [2.75, 3.05) is 13.1 Å². The molecule has 0 aromatic heterocycles. The molecule has 2 rings (SSSR count). The molecule has 3 nitrogen and oxygen atoms in total. The Balaban J connectivity index is 1.84. The Morgan fingerprint density at radius 1 is 1.20 bits per heavy atom. The Hall–Kier alpha value is -0.730. The first kappa shape index (κ1) is 10.8. The molecule has 0 bridgehead atoms. The first-order valence-corrected chi connectivity index (χ1v) is 5.93. The van der Waals surface area contributed by atoms with Crippen molar-refractivity contribution in [1.29, 1.82) is 0 Å². The summed E-state index contributed by atoms with van der Waals surface area (Å²) in [5.41, 5.74) is -0.369. The van der Waals surface area contributed by atoms with Crippen LogP contribution in [0.1, 0.15) is 40.0 Å². The van der Waals surface area contributed by atoms with Gasteiger partial charge in [0.2, 0.25) is 0 Å². The molecule has 0 radical (unpaired) electrons. The van der Waals surface area contributed by atoms with Crippen molar-refractivity contribution >= 4 is 6.09 Å². The van der Waals surface area contributed by atoms with Gasteiger partial charge in [0.05, 0.1) is 0 Å². The highest BCUT2D eigenvalue weighted by molar-refractivity contribution is 5.68. The highest BCUT2D eigenvalue weighted by atomic mass is 16.6. The van der Waals surface area contributed by atoms with Crippen molar-refractivity contribution in [1.82, 2.24) is 4.90 Å². The van der Waals surface area contributed by atoms with Crippen molar-refractivity contribution in [3.8, 4) is 0 Å². The van der Waals surface area contributed by atoms with Crippen LogP contribution in [0.15, 0.2) is 0 Å². The quantitative estimate of drug-likeness (QED) is 0.616. The molecule has 86 valence electrons. The normalized spacial score (nSPS) is 30.5. The third kappa shape index (κ3) is 2.86. The summed E-state index contributed by atoms with van der Waals surface area (Å²) in [6.07, 6.45) is 3.60. The van der Waals surface area contributed by atoms with E-state index in [1.165, 1.54) is 19.3 Å². The first-order valence-electron chi connectivity index (χ1n) is 5.93. The van der Waals surface area contributed by atoms with Crippen LogP contribution in [0.3, 0.4) is 0 Å². The molecule has 2 unspecified atom stereocenters. The summed E-state index contributed by atoms with van der Waals surface area (Å²) in [5.74, 6) is 1.80. The Bertz CT molecular complexity index is 245. The predicted molar refractivity (Wildman–Crippen MR) is 58.6 cm³/mol. The average molecular weight is 211 g/mol. The Morgan fingerprint density at radius 3 is 2.20 bits per heavy atom. The second-order valence-electron chi connectivity index (χ2n) is 5.80. The minimum atomic E-state index is -0.369. The fourth-order valence-electron chi connectivity index (χ4n) is 2.28. The van der Waals surface area contributed by atoms with Crippen LogP contribution in [0.5, 0.6) is 0 Å². The SMILES string of the molecule is CC(C)(C)OC(=O)N1CCC2CC2CC1. The van der Waals surface area contributed by atoms with Crippen LogP contribution in [0, 0.1) is 11.8 Å². The summed E-state index contributed by atoms with van der Waals surface area (Å²) in [7, 11) is 0. The van der Waals surface area contributed by atoms with Gasteiger partial charge in [-0.2, -0.15) is 0 Å². The molecule has 0 N–H and O–H groups in total. The van der Waals surface area contributed by atoms with E-state index in [1.807, 2.05) is 25.7 Å². The van der Waals surface area contributed by atoms with E-state index in [1.54, 1.807) is 0 Å². The fraction of sp³-hybridized carbons (Fsp3) is 0.917. The van der Waals surface area contributed by atoms with Gasteiger partial charge in [0.1, 0.15) is 5.60 Å². The zero-order valence-electron chi connectivity index (χ0n) is 9.95. The van der Waals surface area contributed by atoms with E-state index in [9.17, 15) is 4.79 Å². The third-order valence-corrected chi connectivity index (χ3v) is 3.26. The van der Waals surface area contributed by atoms with Crippen molar-refractivity contribution in [2.45, 2.75) is 45.6 Å². The van der Waals surface area contributed by atoms with E-state index >= 15 is 0 Å². The summed E-state index contributed by atoms with van der Waals surface area (Å²) in [6, 6.07) is 0. The van der Waals surface area contributed by atoms with Gasteiger partial charge in [-0.15, -0.1) is 0 Å². The van der Waals surface area contributed by atoms with E-state index < -0.39 is 0 Å². The van der Waals surface area contributed by atoms with Crippen molar-refractivity contribution < 1.29 is 9.53 Å². The van der Waals surface area contributed by atoms with Gasteiger partial charge in [0.15, 0.2) is 0 Å². The molecule has 1 aliphatic heterocycles. The number of fused-ring (bicyclic) bond motifs is 1. The molecule has 1 aliphatic carbocycles. The number of hydrogen-bond acceptors (Lipinski definition) is 2. The number of amides is 1. The van der Waals surface area contributed by atoms with Crippen molar-refractivity contribution in [3.05, 3.63) is 0 Å². The first-order chi connectivity index (χ1) is 6.96. The largest absolute Gasteiger partial charge is 0.444 e. The fourth-order valence-corrected chi connectivity index (χ4v) is 2.28. The van der Waals surface area contributed by atoms with Gasteiger partial charge < -0.3 is 9.64 Å². The summed E-state index contributed by atoms with van der Waals surface area (Å²) in [4.78, 5) is 13.7. The van der Waals surface area contributed by atoms with Crippen LogP contribution >= 0.6 is 0 Å². The highest BCUT2D eigenvalue weighted by Gasteiger charge is 2.39. The number of likely N-dealkylation sites (tertiary alicyclic amines) is 1. The molecule has 0 aromatic rings. The second-order valence-corrected chi connectivity index (χ2v) is 5.80. The molecule has 15 heavy (non-hydrogen) atoms. The van der Waals surface area contributed by atoms with Gasteiger partial charge >= 0.3 is 6.09 Å². The van der Waals surface area contributed by atoms with Crippen LogP contribution < -0.4 is 0 Å². The Kier molecular flexibility index (Phi) is 2.65. The smallest absolute Gasteiger partial charge is 0.410 e. The van der Waals surface area contributed by atoms with Crippen LogP contribution in [0.4, 0.5) is 4.79 Å². The van der Waals surface area contributed by atoms with E-state index in [-0.39, 0.29) is 11.7 Å².